The lowest BCUT2D eigenvalue weighted by Crippen LogP contribution is -2.33. The summed E-state index contributed by atoms with van der Waals surface area (Å²) >= 11 is 6.92. The Morgan fingerprint density at radius 3 is 3.00 bits per heavy atom. The quantitative estimate of drug-likeness (QED) is 0.722. The number of ether oxygens (including phenoxy) is 2. The van der Waals surface area contributed by atoms with Gasteiger partial charge in [0.2, 0.25) is 5.91 Å². The number of nitrogens with zero attached hydrogens (tertiary/aromatic N) is 3. The van der Waals surface area contributed by atoms with E-state index in [0.717, 1.165) is 16.1 Å². The number of anilines is 1. The highest BCUT2D eigenvalue weighted by atomic mass is 79.9. The normalized spacial score (nSPS) is 18.0. The molecule has 0 bridgehead atoms. The Balaban J connectivity index is 1.60. The SMILES string of the molecule is CC(=O)NC[C@H]1CN(c2ccc3c(c2)OCc2nc(Br)c(Br)n2-3)C(=O)O1. The number of imidazole rings is 1. The van der Waals surface area contributed by atoms with Crippen LogP contribution >= 0.6 is 31.9 Å². The molecule has 4 rings (SSSR count). The van der Waals surface area contributed by atoms with E-state index in [9.17, 15) is 9.59 Å². The average Bonchev–Trinajstić information content (AvgIpc) is 3.12. The fourth-order valence-corrected chi connectivity index (χ4v) is 3.83. The number of benzene rings is 1. The number of hydrogen-bond donors (Lipinski definition) is 1. The van der Waals surface area contributed by atoms with Gasteiger partial charge in [-0.1, -0.05) is 0 Å². The first-order valence-corrected chi connectivity index (χ1v) is 9.45. The summed E-state index contributed by atoms with van der Waals surface area (Å²) in [5, 5.41) is 2.66. The maximum atomic E-state index is 12.2. The molecule has 2 aromatic rings. The monoisotopic (exact) mass is 484 g/mol. The van der Waals surface area contributed by atoms with Crippen LogP contribution in [0.25, 0.3) is 5.69 Å². The fraction of sp³-hybridized carbons (Fsp3) is 0.312. The van der Waals surface area contributed by atoms with Gasteiger partial charge < -0.3 is 14.8 Å². The molecule has 2 amide bonds. The van der Waals surface area contributed by atoms with Gasteiger partial charge in [0.15, 0.2) is 5.82 Å². The summed E-state index contributed by atoms with van der Waals surface area (Å²) in [6, 6.07) is 5.51. The average molecular weight is 486 g/mol. The highest BCUT2D eigenvalue weighted by molar-refractivity contribution is 9.13. The molecule has 10 heteroatoms. The zero-order valence-electron chi connectivity index (χ0n) is 13.7. The molecule has 1 atom stereocenters. The van der Waals surface area contributed by atoms with E-state index in [2.05, 4.69) is 42.2 Å². The van der Waals surface area contributed by atoms with Crippen LogP contribution < -0.4 is 15.0 Å². The Morgan fingerprint density at radius 2 is 2.23 bits per heavy atom. The minimum absolute atomic E-state index is 0.158. The second-order valence-electron chi connectivity index (χ2n) is 5.94. The Morgan fingerprint density at radius 1 is 1.42 bits per heavy atom. The van der Waals surface area contributed by atoms with Crippen molar-refractivity contribution in [1.29, 1.82) is 0 Å². The summed E-state index contributed by atoms with van der Waals surface area (Å²) < 4.78 is 14.6. The molecule has 8 nitrogen and oxygen atoms in total. The molecule has 0 saturated carbocycles. The first-order valence-electron chi connectivity index (χ1n) is 7.86. The van der Waals surface area contributed by atoms with Crippen LogP contribution in [0.1, 0.15) is 12.7 Å². The number of nitrogens with one attached hydrogen (secondary N) is 1. The third kappa shape index (κ3) is 2.96. The first kappa shape index (κ1) is 17.3. The number of cyclic esters (lactones) is 1. The summed E-state index contributed by atoms with van der Waals surface area (Å²) in [7, 11) is 0. The summed E-state index contributed by atoms with van der Waals surface area (Å²) in [5.41, 5.74) is 1.51. The molecular weight excluding hydrogens is 472 g/mol. The number of hydrogen-bond acceptors (Lipinski definition) is 5. The van der Waals surface area contributed by atoms with E-state index in [4.69, 9.17) is 9.47 Å². The summed E-state index contributed by atoms with van der Waals surface area (Å²) in [4.78, 5) is 29.1. The summed E-state index contributed by atoms with van der Waals surface area (Å²) in [6.45, 7) is 2.41. The smallest absolute Gasteiger partial charge is 0.414 e. The van der Waals surface area contributed by atoms with Gasteiger partial charge in [-0.05, 0) is 44.0 Å². The zero-order chi connectivity index (χ0) is 18.4. The summed E-state index contributed by atoms with van der Waals surface area (Å²) in [6.07, 6.45) is -0.822. The van der Waals surface area contributed by atoms with E-state index in [1.54, 1.807) is 6.07 Å². The number of carbonyl (C=O) groups is 2. The van der Waals surface area contributed by atoms with Crippen molar-refractivity contribution in [2.24, 2.45) is 0 Å². The molecule has 3 heterocycles. The van der Waals surface area contributed by atoms with Crippen LogP contribution in [0.2, 0.25) is 0 Å². The molecule has 0 unspecified atom stereocenters. The second-order valence-corrected chi connectivity index (χ2v) is 7.44. The Kier molecular flexibility index (Phi) is 4.39. The molecule has 0 radical (unpaired) electrons. The van der Waals surface area contributed by atoms with Gasteiger partial charge in [0.25, 0.3) is 0 Å². The van der Waals surface area contributed by atoms with Crippen molar-refractivity contribution < 1.29 is 19.1 Å². The van der Waals surface area contributed by atoms with Gasteiger partial charge in [0.05, 0.1) is 24.5 Å². The minimum atomic E-state index is -0.441. The minimum Gasteiger partial charge on any atom is -0.483 e. The Hall–Kier alpha value is -2.07. The molecular formula is C16H14Br2N4O4. The molecule has 0 aliphatic carbocycles. The second kappa shape index (κ2) is 6.58. The van der Waals surface area contributed by atoms with Crippen molar-refractivity contribution in [3.63, 3.8) is 0 Å². The third-order valence-corrected chi connectivity index (χ3v) is 5.97. The molecule has 0 spiro atoms. The van der Waals surface area contributed by atoms with Crippen molar-refractivity contribution in [3.05, 3.63) is 33.2 Å². The number of fused-ring (bicyclic) bond motifs is 3. The predicted molar refractivity (Wildman–Crippen MR) is 99.6 cm³/mol. The van der Waals surface area contributed by atoms with Gasteiger partial charge in [-0.2, -0.15) is 0 Å². The van der Waals surface area contributed by atoms with Crippen LogP contribution in [0.4, 0.5) is 10.5 Å². The number of aromatic nitrogens is 2. The third-order valence-electron chi connectivity index (χ3n) is 4.16. The maximum Gasteiger partial charge on any atom is 0.414 e. The fourth-order valence-electron chi connectivity index (χ4n) is 2.97. The molecule has 136 valence electrons. The van der Waals surface area contributed by atoms with Crippen molar-refractivity contribution >= 4 is 49.5 Å². The molecule has 1 aromatic heterocycles. The molecule has 1 N–H and O–H groups in total. The topological polar surface area (TPSA) is 85.7 Å². The van der Waals surface area contributed by atoms with Crippen LogP contribution in [0.15, 0.2) is 27.4 Å². The van der Waals surface area contributed by atoms with Gasteiger partial charge in [-0.25, -0.2) is 9.78 Å². The highest BCUT2D eigenvalue weighted by Crippen LogP contribution is 2.38. The van der Waals surface area contributed by atoms with E-state index in [1.165, 1.54) is 11.8 Å². The molecule has 1 fully saturated rings. The van der Waals surface area contributed by atoms with Crippen molar-refractivity contribution in [3.8, 4) is 11.4 Å². The highest BCUT2D eigenvalue weighted by Gasteiger charge is 2.33. The van der Waals surface area contributed by atoms with Crippen molar-refractivity contribution in [2.45, 2.75) is 19.6 Å². The maximum absolute atomic E-state index is 12.2. The zero-order valence-corrected chi connectivity index (χ0v) is 16.8. The van der Waals surface area contributed by atoms with Crippen LogP contribution in [0.5, 0.6) is 5.75 Å². The lowest BCUT2D eigenvalue weighted by Gasteiger charge is -2.22. The van der Waals surface area contributed by atoms with Crippen LogP contribution in [0.3, 0.4) is 0 Å². The van der Waals surface area contributed by atoms with E-state index in [-0.39, 0.29) is 12.0 Å². The summed E-state index contributed by atoms with van der Waals surface area (Å²) in [5.74, 6) is 1.27. The molecule has 2 aliphatic heterocycles. The molecule has 26 heavy (non-hydrogen) atoms. The Bertz CT molecular complexity index is 914. The lowest BCUT2D eigenvalue weighted by molar-refractivity contribution is -0.119. The standard InChI is InChI=1S/C16H14Br2N4O4/c1-8(23)19-5-10-6-21(16(24)26-10)9-2-3-11-12(4-9)25-7-13-20-14(17)15(18)22(11)13/h2-4,10H,5-7H2,1H3,(H,19,23)/t10-/m0/s1. The van der Waals surface area contributed by atoms with Gasteiger partial charge in [0.1, 0.15) is 27.7 Å². The van der Waals surface area contributed by atoms with Gasteiger partial charge in [0, 0.05) is 13.0 Å². The van der Waals surface area contributed by atoms with Gasteiger partial charge in [-0.3, -0.25) is 14.3 Å². The van der Waals surface area contributed by atoms with E-state index in [1.807, 2.05) is 16.7 Å². The first-order chi connectivity index (χ1) is 12.4. The van der Waals surface area contributed by atoms with Crippen molar-refractivity contribution in [1.82, 2.24) is 14.9 Å². The van der Waals surface area contributed by atoms with Crippen molar-refractivity contribution in [2.75, 3.05) is 18.0 Å². The van der Waals surface area contributed by atoms with Crippen LogP contribution in [-0.4, -0.2) is 40.7 Å². The van der Waals surface area contributed by atoms with Crippen LogP contribution in [0, 0.1) is 0 Å². The number of amides is 2. The van der Waals surface area contributed by atoms with E-state index >= 15 is 0 Å². The van der Waals surface area contributed by atoms with E-state index in [0.29, 0.717) is 35.7 Å². The van der Waals surface area contributed by atoms with Crippen LogP contribution in [-0.2, 0) is 16.1 Å². The Labute approximate surface area is 165 Å². The number of carbonyl (C=O) groups excluding carboxylic acids is 2. The molecule has 2 aliphatic rings. The van der Waals surface area contributed by atoms with E-state index < -0.39 is 6.09 Å². The van der Waals surface area contributed by atoms with Gasteiger partial charge in [-0.15, -0.1) is 0 Å². The molecule has 1 saturated heterocycles. The largest absolute Gasteiger partial charge is 0.483 e. The molecule has 1 aromatic carbocycles. The van der Waals surface area contributed by atoms with Gasteiger partial charge >= 0.3 is 6.09 Å². The number of rotatable bonds is 3. The number of halogens is 2. The predicted octanol–water partition coefficient (Wildman–Crippen LogP) is 2.75. The lowest BCUT2D eigenvalue weighted by atomic mass is 10.2.